The maximum atomic E-state index is 12.6. The molecular weight excluding hydrogens is 408 g/mol. The molecule has 0 spiro atoms. The standard InChI is InChI=1S/C20H17ClN6OS/c21-16-7-5-15(6-8-16)19-24-25-20(29)27(19)13-18(28)23-17-4-1-3-14(11-17)12-26-10-2-9-22-26/h1-11H,12-13H2,(H,23,28)(H,25,29). The predicted octanol–water partition coefficient (Wildman–Crippen LogP) is 4.14. The van der Waals surface area contributed by atoms with Gasteiger partial charge in [0.1, 0.15) is 6.54 Å². The molecule has 0 saturated heterocycles. The highest BCUT2D eigenvalue weighted by Crippen LogP contribution is 2.20. The molecule has 0 aliphatic carbocycles. The van der Waals surface area contributed by atoms with Crippen LogP contribution in [0.3, 0.4) is 0 Å². The molecule has 0 saturated carbocycles. The smallest absolute Gasteiger partial charge is 0.244 e. The van der Waals surface area contributed by atoms with Gasteiger partial charge >= 0.3 is 0 Å². The molecule has 0 bridgehead atoms. The average molecular weight is 425 g/mol. The fraction of sp³-hybridized carbons (Fsp3) is 0.100. The Morgan fingerprint density at radius 1 is 1.17 bits per heavy atom. The van der Waals surface area contributed by atoms with Crippen molar-refractivity contribution in [2.24, 2.45) is 0 Å². The molecule has 0 radical (unpaired) electrons. The van der Waals surface area contributed by atoms with Crippen LogP contribution < -0.4 is 5.32 Å². The number of aromatic nitrogens is 5. The number of anilines is 1. The van der Waals surface area contributed by atoms with E-state index in [0.717, 1.165) is 11.1 Å². The Hall–Kier alpha value is -3.23. The molecule has 2 heterocycles. The van der Waals surface area contributed by atoms with Crippen LogP contribution in [-0.4, -0.2) is 30.5 Å². The lowest BCUT2D eigenvalue weighted by Gasteiger charge is -2.10. The zero-order valence-electron chi connectivity index (χ0n) is 15.2. The van der Waals surface area contributed by atoms with Gasteiger partial charge in [0.05, 0.1) is 6.54 Å². The van der Waals surface area contributed by atoms with Gasteiger partial charge in [-0.15, -0.1) is 0 Å². The summed E-state index contributed by atoms with van der Waals surface area (Å²) in [5.74, 6) is 0.378. The van der Waals surface area contributed by atoms with E-state index in [9.17, 15) is 4.79 Å². The van der Waals surface area contributed by atoms with E-state index in [1.54, 1.807) is 22.9 Å². The molecule has 146 valence electrons. The average Bonchev–Trinajstić information content (AvgIpc) is 3.33. The SMILES string of the molecule is O=C(Cn1c(-c2ccc(Cl)cc2)n[nH]c1=S)Nc1cccc(Cn2cccn2)c1. The number of hydrogen-bond donors (Lipinski definition) is 2. The number of benzene rings is 2. The summed E-state index contributed by atoms with van der Waals surface area (Å²) in [5, 5.41) is 14.7. The summed E-state index contributed by atoms with van der Waals surface area (Å²) in [7, 11) is 0. The van der Waals surface area contributed by atoms with Crippen LogP contribution in [0.5, 0.6) is 0 Å². The molecule has 2 N–H and O–H groups in total. The van der Waals surface area contributed by atoms with Crippen LogP contribution >= 0.6 is 23.8 Å². The van der Waals surface area contributed by atoms with Crippen molar-refractivity contribution in [1.29, 1.82) is 0 Å². The van der Waals surface area contributed by atoms with E-state index in [4.69, 9.17) is 23.8 Å². The lowest BCUT2D eigenvalue weighted by atomic mass is 10.2. The summed E-state index contributed by atoms with van der Waals surface area (Å²) < 4.78 is 3.85. The van der Waals surface area contributed by atoms with Gasteiger partial charge in [-0.3, -0.25) is 19.1 Å². The number of nitrogens with zero attached hydrogens (tertiary/aromatic N) is 4. The van der Waals surface area contributed by atoms with Crippen LogP contribution in [0.2, 0.25) is 5.02 Å². The maximum Gasteiger partial charge on any atom is 0.244 e. The van der Waals surface area contributed by atoms with Crippen molar-refractivity contribution in [2.45, 2.75) is 13.1 Å². The molecular formula is C20H17ClN6OS. The highest BCUT2D eigenvalue weighted by molar-refractivity contribution is 7.71. The lowest BCUT2D eigenvalue weighted by molar-refractivity contribution is -0.116. The third-order valence-electron chi connectivity index (χ3n) is 4.28. The Balaban J connectivity index is 1.49. The molecule has 2 aromatic carbocycles. The molecule has 0 fully saturated rings. The molecule has 1 amide bonds. The first-order valence-electron chi connectivity index (χ1n) is 8.86. The molecule has 4 rings (SSSR count). The van der Waals surface area contributed by atoms with Gasteiger partial charge in [0.2, 0.25) is 5.91 Å². The summed E-state index contributed by atoms with van der Waals surface area (Å²) in [6.45, 7) is 0.668. The molecule has 7 nitrogen and oxygen atoms in total. The quantitative estimate of drug-likeness (QED) is 0.456. The third kappa shape index (κ3) is 4.61. The normalized spacial score (nSPS) is 10.8. The summed E-state index contributed by atoms with van der Waals surface area (Å²) in [6, 6.07) is 16.7. The highest BCUT2D eigenvalue weighted by atomic mass is 35.5. The van der Waals surface area contributed by atoms with E-state index >= 15 is 0 Å². The Kier molecular flexibility index (Phi) is 5.55. The predicted molar refractivity (Wildman–Crippen MR) is 114 cm³/mol. The number of rotatable bonds is 6. The minimum atomic E-state index is -0.200. The zero-order chi connectivity index (χ0) is 20.2. The molecule has 2 aromatic heterocycles. The van der Waals surface area contributed by atoms with Gasteiger partial charge in [0, 0.05) is 28.7 Å². The summed E-state index contributed by atoms with van der Waals surface area (Å²) in [6.07, 6.45) is 3.63. The van der Waals surface area contributed by atoms with Crippen molar-refractivity contribution >= 4 is 35.4 Å². The number of amides is 1. The Bertz CT molecular complexity index is 1180. The second kappa shape index (κ2) is 8.42. The largest absolute Gasteiger partial charge is 0.325 e. The summed E-state index contributed by atoms with van der Waals surface area (Å²) in [5.41, 5.74) is 2.56. The fourth-order valence-electron chi connectivity index (χ4n) is 2.96. The van der Waals surface area contributed by atoms with Crippen LogP contribution in [0.25, 0.3) is 11.4 Å². The highest BCUT2D eigenvalue weighted by Gasteiger charge is 2.13. The number of hydrogen-bond acceptors (Lipinski definition) is 4. The lowest BCUT2D eigenvalue weighted by Crippen LogP contribution is -2.19. The number of nitrogens with one attached hydrogen (secondary N) is 2. The molecule has 0 aliphatic heterocycles. The number of carbonyl (C=O) groups is 1. The zero-order valence-corrected chi connectivity index (χ0v) is 16.8. The van der Waals surface area contributed by atoms with Crippen LogP contribution in [0, 0.1) is 4.77 Å². The minimum Gasteiger partial charge on any atom is -0.325 e. The Morgan fingerprint density at radius 2 is 2.00 bits per heavy atom. The number of aromatic amines is 1. The van der Waals surface area contributed by atoms with Gasteiger partial charge in [0.15, 0.2) is 10.6 Å². The second-order valence-corrected chi connectivity index (χ2v) is 7.22. The van der Waals surface area contributed by atoms with E-state index in [1.807, 2.05) is 53.3 Å². The van der Waals surface area contributed by atoms with Crippen molar-refractivity contribution < 1.29 is 4.79 Å². The van der Waals surface area contributed by atoms with Gasteiger partial charge in [-0.2, -0.15) is 10.2 Å². The van der Waals surface area contributed by atoms with Crippen molar-refractivity contribution in [3.8, 4) is 11.4 Å². The first-order chi connectivity index (χ1) is 14.1. The molecule has 29 heavy (non-hydrogen) atoms. The maximum absolute atomic E-state index is 12.6. The van der Waals surface area contributed by atoms with E-state index < -0.39 is 0 Å². The summed E-state index contributed by atoms with van der Waals surface area (Å²) >= 11 is 11.2. The summed E-state index contributed by atoms with van der Waals surface area (Å²) in [4.78, 5) is 12.6. The Morgan fingerprint density at radius 3 is 2.76 bits per heavy atom. The van der Waals surface area contributed by atoms with Crippen molar-refractivity contribution in [2.75, 3.05) is 5.32 Å². The van der Waals surface area contributed by atoms with Gasteiger partial charge in [-0.1, -0.05) is 23.7 Å². The van der Waals surface area contributed by atoms with E-state index in [2.05, 4.69) is 20.6 Å². The molecule has 9 heteroatoms. The van der Waals surface area contributed by atoms with Crippen LogP contribution in [0.4, 0.5) is 5.69 Å². The van der Waals surface area contributed by atoms with Crippen molar-refractivity contribution in [1.82, 2.24) is 24.5 Å². The Labute approximate surface area is 177 Å². The number of halogens is 1. The third-order valence-corrected chi connectivity index (χ3v) is 4.84. The monoisotopic (exact) mass is 424 g/mol. The van der Waals surface area contributed by atoms with Crippen LogP contribution in [0.1, 0.15) is 5.56 Å². The van der Waals surface area contributed by atoms with E-state index in [-0.39, 0.29) is 12.5 Å². The van der Waals surface area contributed by atoms with Gasteiger partial charge < -0.3 is 5.32 Å². The topological polar surface area (TPSA) is 80.5 Å². The first kappa shape index (κ1) is 19.1. The van der Waals surface area contributed by atoms with Gasteiger partial charge in [0.25, 0.3) is 0 Å². The van der Waals surface area contributed by atoms with Gasteiger partial charge in [-0.25, -0.2) is 0 Å². The van der Waals surface area contributed by atoms with Crippen LogP contribution in [0.15, 0.2) is 67.0 Å². The molecule has 0 aliphatic rings. The van der Waals surface area contributed by atoms with Crippen molar-refractivity contribution in [3.05, 3.63) is 82.3 Å². The minimum absolute atomic E-state index is 0.0384. The fourth-order valence-corrected chi connectivity index (χ4v) is 3.28. The van der Waals surface area contributed by atoms with E-state index in [0.29, 0.717) is 27.9 Å². The number of carbonyl (C=O) groups excluding carboxylic acids is 1. The van der Waals surface area contributed by atoms with E-state index in [1.165, 1.54) is 0 Å². The molecule has 0 atom stereocenters. The number of H-pyrrole nitrogens is 1. The van der Waals surface area contributed by atoms with Crippen molar-refractivity contribution in [3.63, 3.8) is 0 Å². The van der Waals surface area contributed by atoms with Gasteiger partial charge in [-0.05, 0) is 60.2 Å². The molecule has 4 aromatic rings. The first-order valence-corrected chi connectivity index (χ1v) is 9.64. The second-order valence-electron chi connectivity index (χ2n) is 6.40. The molecule has 0 unspecified atom stereocenters. The van der Waals surface area contributed by atoms with Crippen LogP contribution in [-0.2, 0) is 17.9 Å².